The summed E-state index contributed by atoms with van der Waals surface area (Å²) < 4.78 is 0. The Labute approximate surface area is 174 Å². The number of nitrogens with one attached hydrogen (secondary N) is 1. The van der Waals surface area contributed by atoms with E-state index in [0.29, 0.717) is 29.0 Å². The molecule has 0 radical (unpaired) electrons. The van der Waals surface area contributed by atoms with E-state index >= 15 is 0 Å². The van der Waals surface area contributed by atoms with E-state index in [1.54, 1.807) is 12.3 Å². The maximum Gasteiger partial charge on any atom is 0.227 e. The minimum Gasteiger partial charge on any atom is -0.402 e. The summed E-state index contributed by atoms with van der Waals surface area (Å²) in [6.45, 7) is 9.70. The fourth-order valence-corrected chi connectivity index (χ4v) is 4.89. The SMILES string of the molecule is C=NC(/C=C(\N)C1CCCC1)=Nc1ccnc(N2CC3(CNC)CC2C3)n1.CC. The average molecular weight is 398 g/mol. The molecule has 0 atom stereocenters. The lowest BCUT2D eigenvalue weighted by molar-refractivity contribution is 0.196. The maximum atomic E-state index is 6.25. The molecule has 3 N–H and O–H groups in total. The van der Waals surface area contributed by atoms with Gasteiger partial charge in [-0.05, 0) is 45.4 Å². The first-order valence-corrected chi connectivity index (χ1v) is 10.9. The van der Waals surface area contributed by atoms with Crippen molar-refractivity contribution in [2.24, 2.45) is 27.1 Å². The van der Waals surface area contributed by atoms with Gasteiger partial charge in [0, 0.05) is 48.6 Å². The molecular weight excluding hydrogens is 362 g/mol. The Balaban J connectivity index is 0.00000117. The fourth-order valence-electron chi connectivity index (χ4n) is 4.89. The van der Waals surface area contributed by atoms with Crippen LogP contribution in [0.3, 0.4) is 0 Å². The molecule has 29 heavy (non-hydrogen) atoms. The van der Waals surface area contributed by atoms with Gasteiger partial charge in [0.1, 0.15) is 0 Å². The van der Waals surface area contributed by atoms with E-state index in [-0.39, 0.29) is 0 Å². The Hall–Kier alpha value is -2.28. The third-order valence-electron chi connectivity index (χ3n) is 6.23. The van der Waals surface area contributed by atoms with E-state index in [2.05, 4.69) is 36.9 Å². The summed E-state index contributed by atoms with van der Waals surface area (Å²) in [6.07, 6.45) is 10.8. The quantitative estimate of drug-likeness (QED) is 0.566. The molecule has 7 nitrogen and oxygen atoms in total. The highest BCUT2D eigenvalue weighted by molar-refractivity contribution is 5.97. The van der Waals surface area contributed by atoms with Crippen molar-refractivity contribution in [3.63, 3.8) is 0 Å². The molecule has 1 aromatic heterocycles. The van der Waals surface area contributed by atoms with Crippen molar-refractivity contribution in [2.75, 3.05) is 25.0 Å². The molecule has 0 amide bonds. The largest absolute Gasteiger partial charge is 0.402 e. The van der Waals surface area contributed by atoms with E-state index in [1.165, 1.54) is 25.7 Å². The van der Waals surface area contributed by atoms with Crippen molar-refractivity contribution in [1.82, 2.24) is 15.3 Å². The van der Waals surface area contributed by atoms with E-state index in [1.807, 2.05) is 27.0 Å². The first-order valence-electron chi connectivity index (χ1n) is 10.9. The monoisotopic (exact) mass is 397 g/mol. The number of allylic oxidation sites excluding steroid dienone is 1. The second-order valence-electron chi connectivity index (χ2n) is 8.19. The molecule has 2 bridgehead atoms. The summed E-state index contributed by atoms with van der Waals surface area (Å²) >= 11 is 0. The van der Waals surface area contributed by atoms with Crippen LogP contribution < -0.4 is 16.0 Å². The van der Waals surface area contributed by atoms with Crippen molar-refractivity contribution < 1.29 is 0 Å². The number of aromatic nitrogens is 2. The van der Waals surface area contributed by atoms with Crippen molar-refractivity contribution in [1.29, 1.82) is 0 Å². The van der Waals surface area contributed by atoms with Gasteiger partial charge in [-0.2, -0.15) is 4.98 Å². The molecule has 0 unspecified atom stereocenters. The third-order valence-corrected chi connectivity index (χ3v) is 6.23. The van der Waals surface area contributed by atoms with Crippen molar-refractivity contribution in [3.05, 3.63) is 24.0 Å². The Bertz CT molecular complexity index is 758. The molecule has 2 saturated carbocycles. The number of hydrogen-bond donors (Lipinski definition) is 2. The number of hydrogen-bond acceptors (Lipinski definition) is 6. The summed E-state index contributed by atoms with van der Waals surface area (Å²) in [5, 5.41) is 3.32. The van der Waals surface area contributed by atoms with Gasteiger partial charge in [0.05, 0.1) is 0 Å². The number of anilines is 1. The molecule has 0 spiro atoms. The number of nitrogens with two attached hydrogens (primary N) is 1. The van der Waals surface area contributed by atoms with Crippen LogP contribution in [0.4, 0.5) is 11.8 Å². The summed E-state index contributed by atoms with van der Waals surface area (Å²) in [6, 6.07) is 2.35. The van der Waals surface area contributed by atoms with Crippen LogP contribution in [0.1, 0.15) is 52.4 Å². The highest BCUT2D eigenvalue weighted by Gasteiger charge is 2.55. The molecule has 158 valence electrons. The zero-order valence-electron chi connectivity index (χ0n) is 18.1. The number of amidine groups is 1. The van der Waals surface area contributed by atoms with Gasteiger partial charge in [0.2, 0.25) is 5.95 Å². The lowest BCUT2D eigenvalue weighted by Crippen LogP contribution is -2.41. The first kappa shape index (κ1) is 21.4. The molecule has 7 heteroatoms. The molecule has 5 rings (SSSR count). The van der Waals surface area contributed by atoms with Gasteiger partial charge in [-0.3, -0.25) is 0 Å². The lowest BCUT2D eigenvalue weighted by Gasteiger charge is -2.36. The van der Waals surface area contributed by atoms with E-state index < -0.39 is 0 Å². The van der Waals surface area contributed by atoms with Crippen LogP contribution in [0, 0.1) is 11.3 Å². The molecule has 2 aliphatic heterocycles. The zero-order valence-corrected chi connectivity index (χ0v) is 18.1. The summed E-state index contributed by atoms with van der Waals surface area (Å²) in [4.78, 5) is 20.1. The minimum absolute atomic E-state index is 0.383. The molecule has 4 aliphatic rings. The summed E-state index contributed by atoms with van der Waals surface area (Å²) in [5.41, 5.74) is 7.48. The highest BCUT2D eigenvalue weighted by Crippen LogP contribution is 2.52. The Morgan fingerprint density at radius 1 is 1.38 bits per heavy atom. The van der Waals surface area contributed by atoms with Crippen LogP contribution in [-0.4, -0.2) is 48.7 Å². The van der Waals surface area contributed by atoms with Gasteiger partial charge in [-0.25, -0.2) is 15.0 Å². The van der Waals surface area contributed by atoms with Gasteiger partial charge in [0.15, 0.2) is 11.7 Å². The molecule has 2 aliphatic carbocycles. The van der Waals surface area contributed by atoms with Crippen LogP contribution in [0.25, 0.3) is 0 Å². The minimum atomic E-state index is 0.383. The number of nitrogens with zero attached hydrogens (tertiary/aromatic N) is 5. The predicted octanol–water partition coefficient (Wildman–Crippen LogP) is 3.45. The van der Waals surface area contributed by atoms with Crippen LogP contribution in [0.2, 0.25) is 0 Å². The van der Waals surface area contributed by atoms with Gasteiger partial charge < -0.3 is 16.0 Å². The Morgan fingerprint density at radius 2 is 2.10 bits per heavy atom. The molecule has 0 aromatic carbocycles. The summed E-state index contributed by atoms with van der Waals surface area (Å²) in [7, 11) is 2.02. The van der Waals surface area contributed by atoms with Crippen molar-refractivity contribution in [3.8, 4) is 0 Å². The average Bonchev–Trinajstić information content (AvgIpc) is 3.44. The number of rotatable bonds is 6. The second kappa shape index (κ2) is 9.48. The van der Waals surface area contributed by atoms with Crippen molar-refractivity contribution in [2.45, 2.75) is 58.4 Å². The predicted molar refractivity (Wildman–Crippen MR) is 121 cm³/mol. The Morgan fingerprint density at radius 3 is 2.76 bits per heavy atom. The number of fused-ring (bicyclic) bond motifs is 1. The van der Waals surface area contributed by atoms with E-state index in [0.717, 1.165) is 37.6 Å². The molecule has 3 heterocycles. The topological polar surface area (TPSA) is 91.8 Å². The van der Waals surface area contributed by atoms with Crippen LogP contribution in [0.5, 0.6) is 0 Å². The van der Waals surface area contributed by atoms with E-state index in [4.69, 9.17) is 5.73 Å². The van der Waals surface area contributed by atoms with Crippen LogP contribution in [0.15, 0.2) is 34.0 Å². The number of aliphatic imine (C=N–C) groups is 2. The van der Waals surface area contributed by atoms with Gasteiger partial charge >= 0.3 is 0 Å². The molecule has 2 saturated heterocycles. The normalized spacial score (nSPS) is 26.7. The lowest BCUT2D eigenvalue weighted by atomic mass is 9.70. The van der Waals surface area contributed by atoms with Gasteiger partial charge in [0.25, 0.3) is 0 Å². The zero-order chi connectivity index (χ0) is 20.9. The first-order chi connectivity index (χ1) is 14.1. The highest BCUT2D eigenvalue weighted by atomic mass is 15.3. The third kappa shape index (κ3) is 4.66. The van der Waals surface area contributed by atoms with Gasteiger partial charge in [-0.1, -0.05) is 26.7 Å². The van der Waals surface area contributed by atoms with Crippen LogP contribution >= 0.6 is 0 Å². The second-order valence-corrected chi connectivity index (χ2v) is 8.19. The smallest absolute Gasteiger partial charge is 0.227 e. The van der Waals surface area contributed by atoms with E-state index in [9.17, 15) is 0 Å². The summed E-state index contributed by atoms with van der Waals surface area (Å²) in [5.74, 6) is 2.32. The molecule has 4 fully saturated rings. The van der Waals surface area contributed by atoms with Gasteiger partial charge in [-0.15, -0.1) is 0 Å². The van der Waals surface area contributed by atoms with Crippen molar-refractivity contribution >= 4 is 24.3 Å². The fraction of sp³-hybridized carbons (Fsp3) is 0.636. The molecule has 1 aromatic rings. The standard InChI is InChI=1S/C20H29N7.C2H6/c1-22-12-20-10-15(11-20)27(13-20)19-24-8-7-17(26-19)25-18(23-2)9-16(21)14-5-3-4-6-14;1-2/h7-9,14-15,22H,2-6,10-13,21H2,1H3;1-2H3/b16-9-,25-18?;. The molecular formula is C22H35N7. The maximum absolute atomic E-state index is 6.25. The van der Waals surface area contributed by atoms with Crippen LogP contribution in [-0.2, 0) is 0 Å². The Kier molecular flexibility index (Phi) is 7.00.